The summed E-state index contributed by atoms with van der Waals surface area (Å²) in [6.07, 6.45) is -0.191. The Morgan fingerprint density at radius 3 is 2.53 bits per heavy atom. The molecule has 2 aromatic rings. The number of nitrogens with one attached hydrogen (secondary N) is 1. The molecule has 1 amide bonds. The first-order chi connectivity index (χ1) is 14.4. The molecule has 2 unspecified atom stereocenters. The molecule has 0 saturated carbocycles. The van der Waals surface area contributed by atoms with Gasteiger partial charge < -0.3 is 20.1 Å². The van der Waals surface area contributed by atoms with Gasteiger partial charge in [-0.25, -0.2) is 0 Å². The number of aryl methyl sites for hydroxylation is 1. The van der Waals surface area contributed by atoms with Crippen molar-refractivity contribution in [3.8, 4) is 5.75 Å². The lowest BCUT2D eigenvalue weighted by atomic mass is 10.1. The number of hydrogen-bond acceptors (Lipinski definition) is 5. The standard InChI is InChI=1S/C24H31N3O3/c1-16-4-6-20(7-5-16)26-12-17(2)27(18(3)13-26)14-21(28)15-30-22-8-9-23-19(10-22)11-24(29)25-23/h4-10,17-18,21,28H,11-15H2,1-3H3,(H,25,29)/t17?,18?,21-/m0/s1. The monoisotopic (exact) mass is 409 g/mol. The number of ether oxygens (including phenoxy) is 1. The van der Waals surface area contributed by atoms with Gasteiger partial charge in [-0.15, -0.1) is 0 Å². The van der Waals surface area contributed by atoms with E-state index in [-0.39, 0.29) is 12.5 Å². The number of rotatable bonds is 6. The van der Waals surface area contributed by atoms with Gasteiger partial charge in [0.2, 0.25) is 5.91 Å². The number of benzene rings is 2. The third kappa shape index (κ3) is 4.60. The van der Waals surface area contributed by atoms with Crippen molar-refractivity contribution in [3.05, 3.63) is 53.6 Å². The average molecular weight is 410 g/mol. The number of carbonyl (C=O) groups is 1. The normalized spacial score (nSPS) is 22.5. The third-order valence-electron chi connectivity index (χ3n) is 6.07. The first kappa shape index (κ1) is 20.7. The van der Waals surface area contributed by atoms with Crippen molar-refractivity contribution in [2.75, 3.05) is 36.5 Å². The molecule has 1 saturated heterocycles. The Bertz CT molecular complexity index is 887. The minimum Gasteiger partial charge on any atom is -0.491 e. The summed E-state index contributed by atoms with van der Waals surface area (Å²) in [4.78, 5) is 16.3. The second kappa shape index (κ2) is 8.66. The van der Waals surface area contributed by atoms with Gasteiger partial charge in [0.05, 0.1) is 6.42 Å². The molecular weight excluding hydrogens is 378 g/mol. The summed E-state index contributed by atoms with van der Waals surface area (Å²) in [5.41, 5.74) is 4.32. The molecule has 1 fully saturated rings. The zero-order valence-electron chi connectivity index (χ0n) is 18.0. The summed E-state index contributed by atoms with van der Waals surface area (Å²) >= 11 is 0. The number of hydrogen-bond donors (Lipinski definition) is 2. The fourth-order valence-corrected chi connectivity index (χ4v) is 4.47. The van der Waals surface area contributed by atoms with Gasteiger partial charge in [-0.1, -0.05) is 17.7 Å². The van der Waals surface area contributed by atoms with Gasteiger partial charge in [-0.05, 0) is 56.7 Å². The molecule has 2 aromatic carbocycles. The van der Waals surface area contributed by atoms with Crippen molar-refractivity contribution in [1.82, 2.24) is 4.90 Å². The molecule has 2 aliphatic rings. The van der Waals surface area contributed by atoms with Crippen molar-refractivity contribution in [3.63, 3.8) is 0 Å². The molecule has 3 atom stereocenters. The van der Waals surface area contributed by atoms with Crippen LogP contribution in [0.4, 0.5) is 11.4 Å². The van der Waals surface area contributed by atoms with Crippen LogP contribution in [0.5, 0.6) is 5.75 Å². The number of β-amino-alcohol motifs (C(OH)–C–C–N with tert-alkyl or cyclic N) is 1. The second-order valence-electron chi connectivity index (χ2n) is 8.64. The topological polar surface area (TPSA) is 65.0 Å². The summed E-state index contributed by atoms with van der Waals surface area (Å²) < 4.78 is 5.82. The minimum absolute atomic E-state index is 0.00920. The highest BCUT2D eigenvalue weighted by atomic mass is 16.5. The molecule has 4 rings (SSSR count). The molecular formula is C24H31N3O3. The van der Waals surface area contributed by atoms with E-state index in [1.54, 1.807) is 0 Å². The Hall–Kier alpha value is -2.57. The largest absolute Gasteiger partial charge is 0.491 e. The van der Waals surface area contributed by atoms with Crippen LogP contribution >= 0.6 is 0 Å². The quantitative estimate of drug-likeness (QED) is 0.768. The zero-order chi connectivity index (χ0) is 21.3. The predicted molar refractivity (Wildman–Crippen MR) is 119 cm³/mol. The van der Waals surface area contributed by atoms with E-state index in [0.29, 0.717) is 30.8 Å². The molecule has 2 aliphatic heterocycles. The van der Waals surface area contributed by atoms with E-state index in [0.717, 1.165) is 24.3 Å². The number of anilines is 2. The first-order valence-corrected chi connectivity index (χ1v) is 10.7. The number of aliphatic hydroxyl groups is 1. The van der Waals surface area contributed by atoms with Gasteiger partial charge >= 0.3 is 0 Å². The number of amides is 1. The minimum atomic E-state index is -0.575. The summed E-state index contributed by atoms with van der Waals surface area (Å²) in [6, 6.07) is 14.9. The van der Waals surface area contributed by atoms with E-state index in [9.17, 15) is 9.90 Å². The fourth-order valence-electron chi connectivity index (χ4n) is 4.47. The van der Waals surface area contributed by atoms with E-state index in [2.05, 4.69) is 60.2 Å². The van der Waals surface area contributed by atoms with E-state index in [4.69, 9.17) is 4.74 Å². The molecule has 2 N–H and O–H groups in total. The lowest BCUT2D eigenvalue weighted by molar-refractivity contribution is -0.115. The van der Waals surface area contributed by atoms with Gasteiger partial charge in [-0.2, -0.15) is 0 Å². The smallest absolute Gasteiger partial charge is 0.228 e. The maximum Gasteiger partial charge on any atom is 0.228 e. The first-order valence-electron chi connectivity index (χ1n) is 10.7. The number of fused-ring (bicyclic) bond motifs is 1. The maximum atomic E-state index is 11.5. The van der Waals surface area contributed by atoms with E-state index in [1.165, 1.54) is 11.3 Å². The second-order valence-corrected chi connectivity index (χ2v) is 8.64. The third-order valence-corrected chi connectivity index (χ3v) is 6.07. The van der Waals surface area contributed by atoms with Crippen molar-refractivity contribution in [2.45, 2.75) is 45.4 Å². The van der Waals surface area contributed by atoms with Crippen molar-refractivity contribution < 1.29 is 14.6 Å². The SMILES string of the molecule is Cc1ccc(N2CC(C)N(C[C@H](O)COc3ccc4c(c3)CC(=O)N4)C(C)C2)cc1. The molecule has 6 heteroatoms. The highest BCUT2D eigenvalue weighted by molar-refractivity contribution is 5.99. The lowest BCUT2D eigenvalue weighted by Crippen LogP contribution is -2.58. The predicted octanol–water partition coefficient (Wildman–Crippen LogP) is 2.83. The molecule has 160 valence electrons. The molecule has 0 radical (unpaired) electrons. The van der Waals surface area contributed by atoms with E-state index in [1.807, 2.05) is 18.2 Å². The van der Waals surface area contributed by atoms with Crippen LogP contribution in [0.3, 0.4) is 0 Å². The molecule has 2 heterocycles. The van der Waals surface area contributed by atoms with Gasteiger partial charge in [0.25, 0.3) is 0 Å². The van der Waals surface area contributed by atoms with Gasteiger partial charge in [0.1, 0.15) is 18.5 Å². The molecule has 30 heavy (non-hydrogen) atoms. The van der Waals surface area contributed by atoms with Crippen LogP contribution < -0.4 is 15.0 Å². The molecule has 0 aromatic heterocycles. The van der Waals surface area contributed by atoms with Crippen LogP contribution in [0.25, 0.3) is 0 Å². The van der Waals surface area contributed by atoms with Crippen molar-refractivity contribution >= 4 is 17.3 Å². The highest BCUT2D eigenvalue weighted by Crippen LogP contribution is 2.27. The van der Waals surface area contributed by atoms with Crippen LogP contribution in [0.15, 0.2) is 42.5 Å². The van der Waals surface area contributed by atoms with Gasteiger partial charge in [0.15, 0.2) is 0 Å². The van der Waals surface area contributed by atoms with Crippen LogP contribution in [0, 0.1) is 6.92 Å². The van der Waals surface area contributed by atoms with Gasteiger partial charge in [0, 0.05) is 43.1 Å². The number of aliphatic hydroxyl groups excluding tert-OH is 1. The van der Waals surface area contributed by atoms with E-state index < -0.39 is 6.10 Å². The lowest BCUT2D eigenvalue weighted by Gasteiger charge is -2.46. The molecule has 0 spiro atoms. The van der Waals surface area contributed by atoms with Crippen LogP contribution in [0.2, 0.25) is 0 Å². The molecule has 6 nitrogen and oxygen atoms in total. The average Bonchev–Trinajstić information content (AvgIpc) is 3.09. The highest BCUT2D eigenvalue weighted by Gasteiger charge is 2.31. The fraction of sp³-hybridized carbons (Fsp3) is 0.458. The zero-order valence-corrected chi connectivity index (χ0v) is 18.0. The number of nitrogens with zero attached hydrogens (tertiary/aromatic N) is 2. The molecule has 0 bridgehead atoms. The van der Waals surface area contributed by atoms with E-state index >= 15 is 0 Å². The summed E-state index contributed by atoms with van der Waals surface area (Å²) in [5.74, 6) is 0.699. The van der Waals surface area contributed by atoms with Gasteiger partial charge in [-0.3, -0.25) is 9.69 Å². The van der Waals surface area contributed by atoms with Crippen LogP contribution in [-0.2, 0) is 11.2 Å². The Labute approximate surface area is 178 Å². The number of piperazine rings is 1. The number of carbonyl (C=O) groups excluding carboxylic acids is 1. The van der Waals surface area contributed by atoms with Crippen molar-refractivity contribution in [1.29, 1.82) is 0 Å². The van der Waals surface area contributed by atoms with Crippen LogP contribution in [0.1, 0.15) is 25.0 Å². The van der Waals surface area contributed by atoms with Crippen LogP contribution in [-0.4, -0.2) is 60.3 Å². The molecule has 0 aliphatic carbocycles. The maximum absolute atomic E-state index is 11.5. The Kier molecular flexibility index (Phi) is 5.97. The van der Waals surface area contributed by atoms with Crippen molar-refractivity contribution in [2.24, 2.45) is 0 Å². The summed E-state index contributed by atoms with van der Waals surface area (Å²) in [6.45, 7) is 9.23. The Morgan fingerprint density at radius 1 is 1.13 bits per heavy atom. The summed E-state index contributed by atoms with van der Waals surface area (Å²) in [5, 5.41) is 13.4. The summed E-state index contributed by atoms with van der Waals surface area (Å²) in [7, 11) is 0. The Balaban J connectivity index is 1.30. The Morgan fingerprint density at radius 2 is 1.83 bits per heavy atom.